The van der Waals surface area contributed by atoms with Crippen LogP contribution in [0.15, 0.2) is 46.5 Å². The van der Waals surface area contributed by atoms with E-state index in [1.165, 1.54) is 22.5 Å². The molecule has 4 aromatic rings. The van der Waals surface area contributed by atoms with E-state index in [1.54, 1.807) is 37.5 Å². The Morgan fingerprint density at radius 2 is 2.00 bits per heavy atom. The fraction of sp³-hybridized carbons (Fsp3) is 0.360. The topological polar surface area (TPSA) is 137 Å². The summed E-state index contributed by atoms with van der Waals surface area (Å²) in [5.41, 5.74) is 0.183. The molecule has 194 valence electrons. The van der Waals surface area contributed by atoms with E-state index in [4.69, 9.17) is 6.57 Å². The molecular weight excluding hydrogens is 488 g/mol. The third-order valence-corrected chi connectivity index (χ3v) is 6.81. The Bertz CT molecular complexity index is 1680. The number of hydrogen-bond acceptors (Lipinski definition) is 8. The molecule has 1 N–H and O–H groups in total. The summed E-state index contributed by atoms with van der Waals surface area (Å²) < 4.78 is 3.40. The summed E-state index contributed by atoms with van der Waals surface area (Å²) >= 11 is 0. The van der Waals surface area contributed by atoms with E-state index in [2.05, 4.69) is 41.9 Å². The van der Waals surface area contributed by atoms with Gasteiger partial charge in [-0.1, -0.05) is 6.07 Å². The minimum absolute atomic E-state index is 0.0599. The van der Waals surface area contributed by atoms with Gasteiger partial charge >= 0.3 is 5.69 Å². The molecule has 13 nitrogen and oxygen atoms in total. The van der Waals surface area contributed by atoms with E-state index < -0.39 is 29.9 Å². The lowest BCUT2D eigenvalue weighted by Gasteiger charge is -2.21. The minimum Gasteiger partial charge on any atom is -0.338 e. The number of fused-ring (bicyclic) bond motifs is 1. The van der Waals surface area contributed by atoms with E-state index in [0.29, 0.717) is 29.1 Å². The standard InChI is InChI=1S/C25H26N10O3/c1-15-7-6-10-33(15)24-27-11-17(12-28-24)18-8-5-9-19(30-18)31-22(36)16(2)34-14-29-21-20(34)23(37)35(13-26-3)25(38)32(21)4/h5,8-9,11-12,14-16H,6-7,10,13H2,1-2,4H3,(H,30,31,36)/t15-,16+/m1/s1. The second-order valence-electron chi connectivity index (χ2n) is 9.23. The van der Waals surface area contributed by atoms with Crippen LogP contribution >= 0.6 is 0 Å². The Morgan fingerprint density at radius 3 is 2.68 bits per heavy atom. The highest BCUT2D eigenvalue weighted by atomic mass is 16.2. The molecule has 13 heteroatoms. The molecule has 0 aliphatic carbocycles. The number of imidazole rings is 1. The van der Waals surface area contributed by atoms with Gasteiger partial charge in [0.1, 0.15) is 11.9 Å². The first-order chi connectivity index (χ1) is 18.3. The first-order valence-electron chi connectivity index (χ1n) is 12.2. The molecule has 5 rings (SSSR count). The van der Waals surface area contributed by atoms with Crippen molar-refractivity contribution >= 4 is 28.8 Å². The lowest BCUT2D eigenvalue weighted by Crippen LogP contribution is -2.39. The number of pyridine rings is 1. The molecule has 1 fully saturated rings. The van der Waals surface area contributed by atoms with Gasteiger partial charge < -0.3 is 14.8 Å². The lowest BCUT2D eigenvalue weighted by atomic mass is 10.2. The largest absolute Gasteiger partial charge is 0.338 e. The number of hydrogen-bond donors (Lipinski definition) is 1. The van der Waals surface area contributed by atoms with Gasteiger partial charge in [0, 0.05) is 37.6 Å². The predicted octanol–water partition coefficient (Wildman–Crippen LogP) is 1.81. The summed E-state index contributed by atoms with van der Waals surface area (Å²) in [5.74, 6) is 0.574. The summed E-state index contributed by atoms with van der Waals surface area (Å²) in [6.07, 6.45) is 7.02. The zero-order valence-electron chi connectivity index (χ0n) is 21.2. The normalized spacial score (nSPS) is 15.9. The summed E-state index contributed by atoms with van der Waals surface area (Å²) in [6.45, 7) is 11.3. The summed E-state index contributed by atoms with van der Waals surface area (Å²) in [5, 5.41) is 2.78. The fourth-order valence-electron chi connectivity index (χ4n) is 4.63. The summed E-state index contributed by atoms with van der Waals surface area (Å²) in [7, 11) is 1.46. The maximum Gasteiger partial charge on any atom is 0.338 e. The van der Waals surface area contributed by atoms with E-state index in [1.807, 2.05) is 0 Å². The first kappa shape index (κ1) is 24.8. The second-order valence-corrected chi connectivity index (χ2v) is 9.23. The Labute approximate surface area is 217 Å². The van der Waals surface area contributed by atoms with Gasteiger partial charge in [-0.05, 0) is 38.8 Å². The van der Waals surface area contributed by atoms with E-state index >= 15 is 0 Å². The molecule has 4 aromatic heterocycles. The van der Waals surface area contributed by atoms with Crippen LogP contribution in [-0.4, -0.2) is 52.1 Å². The van der Waals surface area contributed by atoms with Gasteiger partial charge in [-0.25, -0.2) is 31.3 Å². The molecule has 2 atom stereocenters. The van der Waals surface area contributed by atoms with Crippen molar-refractivity contribution < 1.29 is 4.79 Å². The molecule has 0 bridgehead atoms. The number of anilines is 2. The van der Waals surface area contributed by atoms with Crippen molar-refractivity contribution in [3.63, 3.8) is 0 Å². The average Bonchev–Trinajstić information content (AvgIpc) is 3.56. The molecule has 0 spiro atoms. The maximum absolute atomic E-state index is 13.1. The SMILES string of the molecule is [C-]#[N+]Cn1c(=O)c2c(ncn2[C@@H](C)C(=O)Nc2cccc(-c3cnc(N4CCC[C@H]4C)nc3)n2)n(C)c1=O. The average molecular weight is 515 g/mol. The number of nitrogens with zero attached hydrogens (tertiary/aromatic N) is 9. The highest BCUT2D eigenvalue weighted by Crippen LogP contribution is 2.24. The van der Waals surface area contributed by atoms with Crippen LogP contribution < -0.4 is 21.5 Å². The van der Waals surface area contributed by atoms with Gasteiger partial charge in [0.25, 0.3) is 12.2 Å². The maximum atomic E-state index is 13.1. The van der Waals surface area contributed by atoms with Crippen LogP contribution in [0.3, 0.4) is 0 Å². The van der Waals surface area contributed by atoms with Crippen molar-refractivity contribution in [3.05, 3.63) is 69.2 Å². The number of carbonyl (C=O) groups excluding carboxylic acids is 1. The predicted molar refractivity (Wildman–Crippen MR) is 140 cm³/mol. The highest BCUT2D eigenvalue weighted by molar-refractivity contribution is 5.93. The van der Waals surface area contributed by atoms with Crippen LogP contribution in [0.25, 0.3) is 27.3 Å². The van der Waals surface area contributed by atoms with Crippen LogP contribution in [0.4, 0.5) is 11.8 Å². The van der Waals surface area contributed by atoms with Crippen molar-refractivity contribution in [1.82, 2.24) is 33.6 Å². The number of aromatic nitrogens is 7. The van der Waals surface area contributed by atoms with Crippen molar-refractivity contribution in [2.45, 2.75) is 45.4 Å². The molecule has 0 aromatic carbocycles. The Morgan fingerprint density at radius 1 is 1.24 bits per heavy atom. The fourth-order valence-corrected chi connectivity index (χ4v) is 4.63. The van der Waals surface area contributed by atoms with Crippen molar-refractivity contribution in [3.8, 4) is 11.3 Å². The molecule has 0 unspecified atom stereocenters. The quantitative estimate of drug-likeness (QED) is 0.385. The molecule has 0 radical (unpaired) electrons. The number of carbonyl (C=O) groups is 1. The number of nitrogens with one attached hydrogen (secondary N) is 1. The number of rotatable bonds is 6. The number of aryl methyl sites for hydroxylation is 1. The van der Waals surface area contributed by atoms with Gasteiger partial charge in [0.2, 0.25) is 11.9 Å². The van der Waals surface area contributed by atoms with E-state index in [0.717, 1.165) is 24.0 Å². The van der Waals surface area contributed by atoms with E-state index in [-0.39, 0.29) is 11.2 Å². The molecule has 1 amide bonds. The minimum atomic E-state index is -0.859. The number of amides is 1. The van der Waals surface area contributed by atoms with E-state index in [9.17, 15) is 14.4 Å². The summed E-state index contributed by atoms with van der Waals surface area (Å²) in [6, 6.07) is 4.78. The Hall–Kier alpha value is -4.86. The summed E-state index contributed by atoms with van der Waals surface area (Å²) in [4.78, 5) is 61.6. The van der Waals surface area contributed by atoms with Crippen LogP contribution in [0.5, 0.6) is 0 Å². The van der Waals surface area contributed by atoms with Crippen LogP contribution in [0, 0.1) is 6.57 Å². The van der Waals surface area contributed by atoms with Gasteiger partial charge in [-0.2, -0.15) is 4.57 Å². The first-order valence-corrected chi connectivity index (χ1v) is 12.2. The van der Waals surface area contributed by atoms with Gasteiger partial charge in [0.15, 0.2) is 11.2 Å². The third-order valence-electron chi connectivity index (χ3n) is 6.81. The monoisotopic (exact) mass is 514 g/mol. The van der Waals surface area contributed by atoms with Crippen LogP contribution in [0.1, 0.15) is 32.7 Å². The Balaban J connectivity index is 1.38. The van der Waals surface area contributed by atoms with Crippen LogP contribution in [-0.2, 0) is 18.5 Å². The second kappa shape index (κ2) is 9.89. The molecule has 1 saturated heterocycles. The lowest BCUT2D eigenvalue weighted by molar-refractivity contribution is -0.118. The molecular formula is C25H26N10O3. The third kappa shape index (κ3) is 4.30. The van der Waals surface area contributed by atoms with Crippen molar-refractivity contribution in [2.24, 2.45) is 7.05 Å². The molecule has 38 heavy (non-hydrogen) atoms. The molecule has 5 heterocycles. The van der Waals surface area contributed by atoms with Crippen molar-refractivity contribution in [1.29, 1.82) is 0 Å². The molecule has 0 saturated carbocycles. The van der Waals surface area contributed by atoms with Gasteiger partial charge in [-0.3, -0.25) is 19.0 Å². The Kier molecular flexibility index (Phi) is 6.46. The van der Waals surface area contributed by atoms with Crippen molar-refractivity contribution in [2.75, 3.05) is 16.8 Å². The van der Waals surface area contributed by atoms with Gasteiger partial charge in [-0.15, -0.1) is 0 Å². The highest BCUT2D eigenvalue weighted by Gasteiger charge is 2.24. The smallest absolute Gasteiger partial charge is 0.338 e. The zero-order chi connectivity index (χ0) is 27.0. The van der Waals surface area contributed by atoms with Crippen LogP contribution in [0.2, 0.25) is 0 Å². The van der Waals surface area contributed by atoms with Gasteiger partial charge in [0.05, 0.1) is 12.0 Å². The molecule has 1 aliphatic heterocycles. The molecule has 1 aliphatic rings. The zero-order valence-corrected chi connectivity index (χ0v) is 21.2.